The molecular formula is C19H18F2O5. The van der Waals surface area contributed by atoms with Crippen LogP contribution in [-0.4, -0.2) is 26.8 Å². The Balaban J connectivity index is 2.10. The van der Waals surface area contributed by atoms with Crippen LogP contribution in [0.1, 0.15) is 11.1 Å². The van der Waals surface area contributed by atoms with Crippen LogP contribution in [0.5, 0.6) is 23.0 Å². The van der Waals surface area contributed by atoms with E-state index >= 15 is 0 Å². The number of methoxy groups -OCH3 is 2. The van der Waals surface area contributed by atoms with Crippen molar-refractivity contribution in [3.8, 4) is 23.0 Å². The third-order valence-electron chi connectivity index (χ3n) is 3.35. The van der Waals surface area contributed by atoms with Crippen molar-refractivity contribution in [3.05, 3.63) is 53.6 Å². The van der Waals surface area contributed by atoms with Gasteiger partial charge in [0, 0.05) is 6.08 Å². The molecule has 0 saturated carbocycles. The van der Waals surface area contributed by atoms with E-state index in [0.717, 1.165) is 5.56 Å². The number of hydrogen-bond acceptors (Lipinski definition) is 5. The molecule has 5 nitrogen and oxygen atoms in total. The van der Waals surface area contributed by atoms with Gasteiger partial charge in [0.25, 0.3) is 0 Å². The Morgan fingerprint density at radius 3 is 2.27 bits per heavy atom. The zero-order valence-corrected chi connectivity index (χ0v) is 14.5. The topological polar surface area (TPSA) is 54.0 Å². The normalized spacial score (nSPS) is 10.8. The molecule has 0 saturated heterocycles. The van der Waals surface area contributed by atoms with Gasteiger partial charge in [-0.25, -0.2) is 4.79 Å². The van der Waals surface area contributed by atoms with Crippen molar-refractivity contribution in [2.24, 2.45) is 0 Å². The van der Waals surface area contributed by atoms with Crippen molar-refractivity contribution in [2.45, 2.75) is 13.5 Å². The predicted molar refractivity (Wildman–Crippen MR) is 92.0 cm³/mol. The van der Waals surface area contributed by atoms with Crippen molar-refractivity contribution in [1.29, 1.82) is 0 Å². The zero-order chi connectivity index (χ0) is 19.1. The average Bonchev–Trinajstić information content (AvgIpc) is 2.61. The molecule has 2 rings (SSSR count). The number of hydrogen-bond donors (Lipinski definition) is 0. The highest BCUT2D eigenvalue weighted by atomic mass is 19.3. The van der Waals surface area contributed by atoms with Crippen molar-refractivity contribution in [2.75, 3.05) is 14.2 Å². The molecular weight excluding hydrogens is 346 g/mol. The second-order valence-corrected chi connectivity index (χ2v) is 5.20. The second kappa shape index (κ2) is 8.84. The van der Waals surface area contributed by atoms with E-state index in [2.05, 4.69) is 4.74 Å². The molecule has 0 fully saturated rings. The Hall–Kier alpha value is -3.09. The molecule has 138 valence electrons. The Morgan fingerprint density at radius 2 is 1.62 bits per heavy atom. The molecule has 0 bridgehead atoms. The highest BCUT2D eigenvalue weighted by Gasteiger charge is 2.11. The van der Waals surface area contributed by atoms with E-state index in [1.54, 1.807) is 18.2 Å². The van der Waals surface area contributed by atoms with Crippen LogP contribution in [0, 0.1) is 6.92 Å². The van der Waals surface area contributed by atoms with E-state index in [4.69, 9.17) is 14.2 Å². The van der Waals surface area contributed by atoms with Gasteiger partial charge in [-0.15, -0.1) is 0 Å². The van der Waals surface area contributed by atoms with Gasteiger partial charge in [0.1, 0.15) is 0 Å². The highest BCUT2D eigenvalue weighted by molar-refractivity contribution is 5.89. The minimum atomic E-state index is -2.95. The van der Waals surface area contributed by atoms with E-state index < -0.39 is 12.6 Å². The summed E-state index contributed by atoms with van der Waals surface area (Å²) < 4.78 is 44.4. The van der Waals surface area contributed by atoms with Gasteiger partial charge in [0.15, 0.2) is 23.0 Å². The van der Waals surface area contributed by atoms with Crippen molar-refractivity contribution >= 4 is 12.0 Å². The number of carbonyl (C=O) groups excluding carboxylic acids is 1. The number of ether oxygens (including phenoxy) is 4. The first kappa shape index (κ1) is 19.2. The molecule has 0 N–H and O–H groups in total. The average molecular weight is 364 g/mol. The molecule has 0 aromatic heterocycles. The summed E-state index contributed by atoms with van der Waals surface area (Å²) in [6.07, 6.45) is 2.68. The molecule has 0 aliphatic rings. The molecule has 0 unspecified atom stereocenters. The monoisotopic (exact) mass is 364 g/mol. The quantitative estimate of drug-likeness (QED) is 0.418. The number of benzene rings is 2. The lowest BCUT2D eigenvalue weighted by Crippen LogP contribution is -2.05. The summed E-state index contributed by atoms with van der Waals surface area (Å²) in [5, 5.41) is 0. The SMILES string of the molecule is COc1cc(C)ccc1OC(=O)/C=C/c1ccc(OC(F)F)c(OC)c1. The fraction of sp³-hybridized carbons (Fsp3) is 0.211. The number of rotatable bonds is 7. The van der Waals surface area contributed by atoms with Crippen molar-refractivity contribution < 1.29 is 32.5 Å². The molecule has 26 heavy (non-hydrogen) atoms. The Morgan fingerprint density at radius 1 is 0.962 bits per heavy atom. The van der Waals surface area contributed by atoms with E-state index in [0.29, 0.717) is 17.1 Å². The van der Waals surface area contributed by atoms with Crippen LogP contribution >= 0.6 is 0 Å². The summed E-state index contributed by atoms with van der Waals surface area (Å²) in [5.41, 5.74) is 1.52. The number of aryl methyl sites for hydroxylation is 1. The van der Waals surface area contributed by atoms with Crippen LogP contribution in [0.4, 0.5) is 8.78 Å². The molecule has 0 aliphatic heterocycles. The minimum Gasteiger partial charge on any atom is -0.493 e. The van der Waals surface area contributed by atoms with E-state index in [9.17, 15) is 13.6 Å². The van der Waals surface area contributed by atoms with Crippen LogP contribution in [-0.2, 0) is 4.79 Å². The molecule has 0 radical (unpaired) electrons. The minimum absolute atomic E-state index is 0.0911. The Kier molecular flexibility index (Phi) is 6.54. The summed E-state index contributed by atoms with van der Waals surface area (Å²) in [4.78, 5) is 12.0. The van der Waals surface area contributed by atoms with Crippen molar-refractivity contribution in [1.82, 2.24) is 0 Å². The molecule has 0 amide bonds. The third-order valence-corrected chi connectivity index (χ3v) is 3.35. The lowest BCUT2D eigenvalue weighted by atomic mass is 10.2. The maximum absolute atomic E-state index is 12.3. The van der Waals surface area contributed by atoms with Gasteiger partial charge < -0.3 is 18.9 Å². The summed E-state index contributed by atoms with van der Waals surface area (Å²) in [5.74, 6) is 0.166. The molecule has 0 aliphatic carbocycles. The molecule has 0 spiro atoms. The second-order valence-electron chi connectivity index (χ2n) is 5.20. The van der Waals surface area contributed by atoms with Crippen LogP contribution in [0.25, 0.3) is 6.08 Å². The third kappa shape index (κ3) is 5.20. The first-order chi connectivity index (χ1) is 12.4. The fourth-order valence-corrected chi connectivity index (χ4v) is 2.15. The van der Waals surface area contributed by atoms with Gasteiger partial charge >= 0.3 is 12.6 Å². The fourth-order valence-electron chi connectivity index (χ4n) is 2.15. The summed E-state index contributed by atoms with van der Waals surface area (Å²) in [6.45, 7) is -1.06. The molecule has 0 atom stereocenters. The maximum Gasteiger partial charge on any atom is 0.387 e. The molecule has 2 aromatic carbocycles. The summed E-state index contributed by atoms with van der Waals surface area (Å²) in [6, 6.07) is 9.49. The molecule has 0 heterocycles. The number of carbonyl (C=O) groups is 1. The van der Waals surface area contributed by atoms with Crippen LogP contribution in [0.2, 0.25) is 0 Å². The summed E-state index contributed by atoms with van der Waals surface area (Å²) >= 11 is 0. The first-order valence-corrected chi connectivity index (χ1v) is 7.60. The Labute approximate surface area is 149 Å². The highest BCUT2D eigenvalue weighted by Crippen LogP contribution is 2.30. The maximum atomic E-state index is 12.3. The largest absolute Gasteiger partial charge is 0.493 e. The number of esters is 1. The van der Waals surface area contributed by atoms with Gasteiger partial charge in [-0.2, -0.15) is 8.78 Å². The van der Waals surface area contributed by atoms with E-state index in [-0.39, 0.29) is 11.5 Å². The lowest BCUT2D eigenvalue weighted by Gasteiger charge is -2.10. The van der Waals surface area contributed by atoms with Crippen LogP contribution in [0.3, 0.4) is 0 Å². The van der Waals surface area contributed by atoms with Crippen LogP contribution in [0.15, 0.2) is 42.5 Å². The van der Waals surface area contributed by atoms with E-state index in [1.165, 1.54) is 44.6 Å². The Bertz CT molecular complexity index is 803. The van der Waals surface area contributed by atoms with Gasteiger partial charge in [-0.05, 0) is 48.4 Å². The van der Waals surface area contributed by atoms with Crippen LogP contribution < -0.4 is 18.9 Å². The lowest BCUT2D eigenvalue weighted by molar-refractivity contribution is -0.129. The molecule has 2 aromatic rings. The van der Waals surface area contributed by atoms with Gasteiger partial charge in [0.2, 0.25) is 0 Å². The smallest absolute Gasteiger partial charge is 0.387 e. The standard InChI is InChI=1S/C19H18F2O5/c1-12-4-7-14(16(10-12)23-2)25-18(22)9-6-13-5-8-15(26-19(20)21)17(11-13)24-3/h4-11,19H,1-3H3/b9-6+. The summed E-state index contributed by atoms with van der Waals surface area (Å²) in [7, 11) is 2.82. The van der Waals surface area contributed by atoms with Gasteiger partial charge in [-0.3, -0.25) is 0 Å². The number of alkyl halides is 2. The van der Waals surface area contributed by atoms with E-state index in [1.807, 2.05) is 6.92 Å². The van der Waals surface area contributed by atoms with Gasteiger partial charge in [0.05, 0.1) is 14.2 Å². The molecule has 7 heteroatoms. The first-order valence-electron chi connectivity index (χ1n) is 7.60. The number of halogens is 2. The van der Waals surface area contributed by atoms with Crippen molar-refractivity contribution in [3.63, 3.8) is 0 Å². The predicted octanol–water partition coefficient (Wildman–Crippen LogP) is 4.23. The zero-order valence-electron chi connectivity index (χ0n) is 14.5. The van der Waals surface area contributed by atoms with Gasteiger partial charge in [-0.1, -0.05) is 12.1 Å².